The van der Waals surface area contributed by atoms with Gasteiger partial charge >= 0.3 is 12.1 Å². The van der Waals surface area contributed by atoms with Crippen LogP contribution in [0.5, 0.6) is 0 Å². The highest BCUT2D eigenvalue weighted by Crippen LogP contribution is 2.44. The molecule has 0 unspecified atom stereocenters. The molecule has 5 rings (SSSR count). The molecule has 198 valence electrons. The van der Waals surface area contributed by atoms with Crippen LogP contribution in [-0.4, -0.2) is 50.5 Å². The molecule has 1 aromatic carbocycles. The van der Waals surface area contributed by atoms with E-state index in [1.54, 1.807) is 23.0 Å². The number of ketones is 2. The quantitative estimate of drug-likeness (QED) is 0.299. The predicted molar refractivity (Wildman–Crippen MR) is 127 cm³/mol. The van der Waals surface area contributed by atoms with Crippen molar-refractivity contribution in [3.8, 4) is 5.69 Å². The first kappa shape index (κ1) is 26.9. The molecule has 1 aliphatic carbocycles. The lowest BCUT2D eigenvalue weighted by molar-refractivity contribution is -0.148. The molecule has 1 atom stereocenters. The van der Waals surface area contributed by atoms with E-state index in [0.717, 1.165) is 42.1 Å². The number of hydrogen-bond donors (Lipinski definition) is 2. The molecule has 2 aliphatic rings. The lowest BCUT2D eigenvalue weighted by Gasteiger charge is -2.41. The van der Waals surface area contributed by atoms with Crippen molar-refractivity contribution in [2.45, 2.75) is 25.9 Å². The van der Waals surface area contributed by atoms with E-state index in [1.165, 1.54) is 12.1 Å². The van der Waals surface area contributed by atoms with Crippen molar-refractivity contribution in [3.05, 3.63) is 82.7 Å². The number of alkyl halides is 3. The summed E-state index contributed by atoms with van der Waals surface area (Å²) < 4.78 is 54.6. The summed E-state index contributed by atoms with van der Waals surface area (Å²) in [5.74, 6) is -3.00. The zero-order chi connectivity index (χ0) is 27.7. The number of hydrogen-bond acceptors (Lipinski definition) is 6. The number of benzene rings is 1. The Labute approximate surface area is 214 Å². The molecule has 0 saturated carbocycles. The summed E-state index contributed by atoms with van der Waals surface area (Å²) in [5.41, 5.74) is 0.953. The van der Waals surface area contributed by atoms with E-state index in [4.69, 9.17) is 5.11 Å². The highest BCUT2D eigenvalue weighted by Gasteiger charge is 2.47. The van der Waals surface area contributed by atoms with Gasteiger partial charge in [-0.05, 0) is 67.4 Å². The first-order valence-corrected chi connectivity index (χ1v) is 11.5. The highest BCUT2D eigenvalue weighted by atomic mass is 19.4. The van der Waals surface area contributed by atoms with Crippen LogP contribution in [0.25, 0.3) is 11.8 Å². The standard InChI is InChI=1S/C23H18F4N4O.C3H4O3/c24-17-1-3-18(4-2-17)31-20-10-15-5-7-28-13-22(15,11-14(20)12-30-31)21(32)19-9-16(6-8-29-19)23(25,26)27;1-2(4)3(5)6/h1-4,6,8-10,12,28H,5,7,11,13H2;1H3,(H,5,6)/t22-;/m0./s1. The van der Waals surface area contributed by atoms with Crippen LogP contribution in [0.3, 0.4) is 0 Å². The number of aromatic nitrogens is 3. The maximum absolute atomic E-state index is 13.6. The van der Waals surface area contributed by atoms with Gasteiger partial charge in [0.25, 0.3) is 0 Å². The third kappa shape index (κ3) is 5.25. The molecule has 3 aromatic rings. The van der Waals surface area contributed by atoms with Crippen molar-refractivity contribution in [3.63, 3.8) is 0 Å². The second kappa shape index (κ2) is 10.3. The van der Waals surface area contributed by atoms with Crippen molar-refractivity contribution in [1.82, 2.24) is 20.1 Å². The Kier molecular flexibility index (Phi) is 7.27. The number of carbonyl (C=O) groups is 3. The van der Waals surface area contributed by atoms with Crippen LogP contribution in [0, 0.1) is 11.2 Å². The van der Waals surface area contributed by atoms with E-state index in [-0.39, 0.29) is 11.5 Å². The number of carbonyl (C=O) groups excluding carboxylic acids is 2. The third-order valence-electron chi connectivity index (χ3n) is 6.43. The molecule has 38 heavy (non-hydrogen) atoms. The van der Waals surface area contributed by atoms with E-state index < -0.39 is 34.7 Å². The minimum atomic E-state index is -4.56. The van der Waals surface area contributed by atoms with Gasteiger partial charge in [-0.1, -0.05) is 5.57 Å². The summed E-state index contributed by atoms with van der Waals surface area (Å²) in [6.45, 7) is 1.95. The lowest BCUT2D eigenvalue weighted by atomic mass is 9.65. The number of rotatable bonds is 4. The van der Waals surface area contributed by atoms with Crippen LogP contribution in [0.1, 0.15) is 40.7 Å². The summed E-state index contributed by atoms with van der Waals surface area (Å²) in [4.78, 5) is 36.4. The Bertz CT molecular complexity index is 1420. The van der Waals surface area contributed by atoms with Crippen LogP contribution in [0.2, 0.25) is 0 Å². The predicted octanol–water partition coefficient (Wildman–Crippen LogP) is 3.89. The molecule has 0 spiro atoms. The highest BCUT2D eigenvalue weighted by molar-refractivity contribution is 6.31. The van der Waals surface area contributed by atoms with Gasteiger partial charge in [0, 0.05) is 19.7 Å². The first-order chi connectivity index (χ1) is 17.9. The van der Waals surface area contributed by atoms with Gasteiger partial charge in [0.05, 0.1) is 28.6 Å². The molecule has 12 heteroatoms. The number of piperidine rings is 1. The molecule has 0 amide bonds. The number of aliphatic carboxylic acids is 1. The van der Waals surface area contributed by atoms with Crippen molar-refractivity contribution >= 4 is 23.6 Å². The number of fused-ring (bicyclic) bond motifs is 2. The molecule has 8 nitrogen and oxygen atoms in total. The van der Waals surface area contributed by atoms with E-state index in [0.29, 0.717) is 31.6 Å². The van der Waals surface area contributed by atoms with E-state index in [1.807, 2.05) is 6.08 Å². The molecule has 3 heterocycles. The fourth-order valence-corrected chi connectivity index (χ4v) is 4.51. The van der Waals surface area contributed by atoms with Crippen molar-refractivity contribution < 1.29 is 37.1 Å². The van der Waals surface area contributed by atoms with Gasteiger partial charge in [-0.3, -0.25) is 14.6 Å². The molecule has 1 saturated heterocycles. The largest absolute Gasteiger partial charge is 0.476 e. The second-order valence-electron chi connectivity index (χ2n) is 8.92. The Balaban J connectivity index is 0.000000505. The maximum Gasteiger partial charge on any atom is 0.416 e. The molecule has 1 aliphatic heterocycles. The van der Waals surface area contributed by atoms with Crippen LogP contribution < -0.4 is 5.32 Å². The molecular formula is C26H22F4N4O4. The van der Waals surface area contributed by atoms with Crippen LogP contribution in [0.4, 0.5) is 17.6 Å². The Morgan fingerprint density at radius 2 is 1.82 bits per heavy atom. The molecular weight excluding hydrogens is 508 g/mol. The second-order valence-corrected chi connectivity index (χ2v) is 8.92. The van der Waals surface area contributed by atoms with E-state index in [9.17, 15) is 31.9 Å². The summed E-state index contributed by atoms with van der Waals surface area (Å²) in [6, 6.07) is 7.59. The smallest absolute Gasteiger partial charge is 0.416 e. The number of carboxylic acids is 1. The monoisotopic (exact) mass is 530 g/mol. The van der Waals surface area contributed by atoms with Gasteiger partial charge in [-0.25, -0.2) is 13.9 Å². The number of nitrogens with one attached hydrogen (secondary N) is 1. The summed E-state index contributed by atoms with van der Waals surface area (Å²) in [7, 11) is 0. The van der Waals surface area contributed by atoms with E-state index in [2.05, 4.69) is 15.4 Å². The van der Waals surface area contributed by atoms with Gasteiger partial charge in [0.2, 0.25) is 5.78 Å². The zero-order valence-electron chi connectivity index (χ0n) is 20.1. The average Bonchev–Trinajstić information content (AvgIpc) is 3.29. The Morgan fingerprint density at radius 3 is 2.45 bits per heavy atom. The summed E-state index contributed by atoms with van der Waals surface area (Å²) >= 11 is 0. The molecule has 0 bridgehead atoms. The third-order valence-corrected chi connectivity index (χ3v) is 6.43. The zero-order valence-corrected chi connectivity index (χ0v) is 20.1. The average molecular weight is 530 g/mol. The Hall–Kier alpha value is -4.19. The van der Waals surface area contributed by atoms with Gasteiger partial charge in [-0.15, -0.1) is 0 Å². The van der Waals surface area contributed by atoms with Crippen molar-refractivity contribution in [1.29, 1.82) is 0 Å². The van der Waals surface area contributed by atoms with Crippen molar-refractivity contribution in [2.24, 2.45) is 5.41 Å². The minimum Gasteiger partial charge on any atom is -0.476 e. The SMILES string of the molecule is CC(=O)C(=O)O.O=C(c1cc(C(F)(F)F)ccn1)[C@@]12CNCCC1=Cc1c(cnn1-c1ccc(F)cc1)C2. The number of nitrogens with zero attached hydrogens (tertiary/aromatic N) is 3. The van der Waals surface area contributed by atoms with Crippen molar-refractivity contribution in [2.75, 3.05) is 13.1 Å². The van der Waals surface area contributed by atoms with Gasteiger partial charge in [0.1, 0.15) is 11.5 Å². The number of halogens is 4. The number of carboxylic acid groups (broad SMARTS) is 1. The van der Waals surface area contributed by atoms with Crippen LogP contribution in [0.15, 0.2) is 54.4 Å². The van der Waals surface area contributed by atoms with Gasteiger partial charge in [-0.2, -0.15) is 18.3 Å². The number of pyridine rings is 1. The van der Waals surface area contributed by atoms with Crippen LogP contribution in [-0.2, 0) is 22.2 Å². The molecule has 2 aromatic heterocycles. The maximum atomic E-state index is 13.6. The topological polar surface area (TPSA) is 114 Å². The summed E-state index contributed by atoms with van der Waals surface area (Å²) in [5, 5.41) is 15.3. The van der Waals surface area contributed by atoms with E-state index >= 15 is 0 Å². The lowest BCUT2D eigenvalue weighted by Crippen LogP contribution is -2.50. The normalized spacial score (nSPS) is 18.3. The minimum absolute atomic E-state index is 0.205. The summed E-state index contributed by atoms with van der Waals surface area (Å²) in [6.07, 6.45) is 0.858. The molecule has 2 N–H and O–H groups in total. The molecule has 1 fully saturated rings. The van der Waals surface area contributed by atoms with Gasteiger partial charge < -0.3 is 10.4 Å². The van der Waals surface area contributed by atoms with Gasteiger partial charge in [0.15, 0.2) is 5.78 Å². The van der Waals surface area contributed by atoms with Crippen LogP contribution >= 0.6 is 0 Å². The molecule has 0 radical (unpaired) electrons. The number of Topliss-reactive ketones (excluding diaryl/α,β-unsaturated/α-hetero) is 2. The Morgan fingerprint density at radius 1 is 1.13 bits per heavy atom. The fraction of sp³-hybridized carbons (Fsp3) is 0.269. The fourth-order valence-electron chi connectivity index (χ4n) is 4.51. The first-order valence-electron chi connectivity index (χ1n) is 11.5.